The van der Waals surface area contributed by atoms with Gasteiger partial charge in [0.2, 0.25) is 0 Å². The third kappa shape index (κ3) is 1.51. The molecule has 20 heavy (non-hydrogen) atoms. The number of nitro benzene ring substituents is 1. The number of aryl methyl sites for hydroxylation is 1. The summed E-state index contributed by atoms with van der Waals surface area (Å²) in [5.41, 5.74) is 0.933. The molecule has 2 heterocycles. The van der Waals surface area contributed by atoms with Gasteiger partial charge in [-0.25, -0.2) is 4.79 Å². The first kappa shape index (κ1) is 12.0. The average Bonchev–Trinajstić information content (AvgIpc) is 2.72. The van der Waals surface area contributed by atoms with E-state index in [9.17, 15) is 20.0 Å². The van der Waals surface area contributed by atoms with Crippen LogP contribution in [-0.4, -0.2) is 30.8 Å². The molecule has 3 aromatic rings. The molecule has 8 heteroatoms. The van der Waals surface area contributed by atoms with Crippen LogP contribution in [0, 0.1) is 10.1 Å². The van der Waals surface area contributed by atoms with Crippen molar-refractivity contribution < 1.29 is 14.8 Å². The minimum atomic E-state index is -1.22. The number of rotatable bonds is 2. The zero-order valence-corrected chi connectivity index (χ0v) is 10.3. The molecule has 0 atom stereocenters. The Bertz CT molecular complexity index is 884. The molecule has 0 aliphatic heterocycles. The van der Waals surface area contributed by atoms with Crippen LogP contribution in [0.5, 0.6) is 0 Å². The van der Waals surface area contributed by atoms with Crippen molar-refractivity contribution in [2.45, 2.75) is 0 Å². The molecule has 0 aliphatic carbocycles. The molecule has 0 saturated carbocycles. The fraction of sp³-hybridized carbons (Fsp3) is 0.0833. The first-order chi connectivity index (χ1) is 9.50. The summed E-state index contributed by atoms with van der Waals surface area (Å²) in [5, 5.41) is 28.2. The molecule has 0 saturated heterocycles. The Morgan fingerprint density at radius 2 is 2.15 bits per heavy atom. The zero-order valence-electron chi connectivity index (χ0n) is 10.3. The highest BCUT2D eigenvalue weighted by Crippen LogP contribution is 2.31. The number of benzene rings is 1. The van der Waals surface area contributed by atoms with Crippen molar-refractivity contribution in [1.82, 2.24) is 14.8 Å². The second-order valence-electron chi connectivity index (χ2n) is 4.28. The molecule has 100 valence electrons. The smallest absolute Gasteiger partial charge is 0.357 e. The van der Waals surface area contributed by atoms with E-state index in [1.165, 1.54) is 18.3 Å². The van der Waals surface area contributed by atoms with E-state index < -0.39 is 10.9 Å². The molecule has 0 spiro atoms. The molecule has 1 aromatic carbocycles. The van der Waals surface area contributed by atoms with Crippen molar-refractivity contribution in [3.63, 3.8) is 0 Å². The van der Waals surface area contributed by atoms with Crippen molar-refractivity contribution in [2.24, 2.45) is 7.05 Å². The maximum absolute atomic E-state index is 11.2. The van der Waals surface area contributed by atoms with Crippen molar-refractivity contribution in [3.8, 4) is 0 Å². The van der Waals surface area contributed by atoms with E-state index >= 15 is 0 Å². The standard InChI is InChI=1S/C12H8N4O4/c1-15-8-3-2-6(16(19)20)4-7(8)10-9(15)5-13-14-11(10)12(17)18/h2-5H,1H3,(H,17,18). The first-order valence-corrected chi connectivity index (χ1v) is 5.62. The number of aromatic carboxylic acids is 1. The number of carbonyl (C=O) groups is 1. The number of non-ortho nitro benzene ring substituents is 1. The number of hydrogen-bond acceptors (Lipinski definition) is 5. The van der Waals surface area contributed by atoms with Gasteiger partial charge in [-0.2, -0.15) is 5.10 Å². The fourth-order valence-electron chi connectivity index (χ4n) is 2.31. The Morgan fingerprint density at radius 3 is 2.80 bits per heavy atom. The highest BCUT2D eigenvalue weighted by atomic mass is 16.6. The van der Waals surface area contributed by atoms with E-state index in [2.05, 4.69) is 10.2 Å². The molecule has 0 bridgehead atoms. The van der Waals surface area contributed by atoms with Crippen LogP contribution in [0.4, 0.5) is 5.69 Å². The van der Waals surface area contributed by atoms with Crippen molar-refractivity contribution in [3.05, 3.63) is 40.2 Å². The lowest BCUT2D eigenvalue weighted by Crippen LogP contribution is -2.02. The summed E-state index contributed by atoms with van der Waals surface area (Å²) < 4.78 is 1.73. The number of hydrogen-bond donors (Lipinski definition) is 1. The van der Waals surface area contributed by atoms with E-state index in [0.717, 1.165) is 0 Å². The second kappa shape index (κ2) is 3.98. The molecular formula is C12H8N4O4. The van der Waals surface area contributed by atoms with Gasteiger partial charge in [0.05, 0.1) is 16.6 Å². The Labute approximate surface area is 111 Å². The monoisotopic (exact) mass is 272 g/mol. The fourth-order valence-corrected chi connectivity index (χ4v) is 2.31. The van der Waals surface area contributed by atoms with Gasteiger partial charge in [0.25, 0.3) is 5.69 Å². The summed E-state index contributed by atoms with van der Waals surface area (Å²) in [6.07, 6.45) is 1.44. The topological polar surface area (TPSA) is 111 Å². The first-order valence-electron chi connectivity index (χ1n) is 5.62. The van der Waals surface area contributed by atoms with Gasteiger partial charge >= 0.3 is 5.97 Å². The van der Waals surface area contributed by atoms with E-state index in [0.29, 0.717) is 21.8 Å². The van der Waals surface area contributed by atoms with Crippen LogP contribution in [0.2, 0.25) is 0 Å². The van der Waals surface area contributed by atoms with Crippen LogP contribution in [0.3, 0.4) is 0 Å². The van der Waals surface area contributed by atoms with Crippen LogP contribution in [0.1, 0.15) is 10.5 Å². The third-order valence-electron chi connectivity index (χ3n) is 3.22. The third-order valence-corrected chi connectivity index (χ3v) is 3.22. The SMILES string of the molecule is Cn1c2ccc([N+](=O)[O-])cc2c2c(C(=O)O)nncc21. The van der Waals surface area contributed by atoms with Crippen LogP contribution < -0.4 is 0 Å². The van der Waals surface area contributed by atoms with Gasteiger partial charge in [0, 0.05) is 35.5 Å². The van der Waals surface area contributed by atoms with Gasteiger partial charge in [-0.15, -0.1) is 5.10 Å². The predicted molar refractivity (Wildman–Crippen MR) is 69.6 cm³/mol. The lowest BCUT2D eigenvalue weighted by Gasteiger charge is -1.97. The van der Waals surface area contributed by atoms with Gasteiger partial charge in [-0.3, -0.25) is 10.1 Å². The minimum absolute atomic E-state index is 0.0989. The van der Waals surface area contributed by atoms with Gasteiger partial charge < -0.3 is 9.67 Å². The predicted octanol–water partition coefficient (Wildman–Crippen LogP) is 1.73. The van der Waals surface area contributed by atoms with E-state index in [1.807, 2.05) is 0 Å². The Morgan fingerprint density at radius 1 is 1.40 bits per heavy atom. The molecule has 8 nitrogen and oxygen atoms in total. The van der Waals surface area contributed by atoms with Crippen LogP contribution in [-0.2, 0) is 7.05 Å². The van der Waals surface area contributed by atoms with E-state index in [4.69, 9.17) is 0 Å². The molecule has 1 N–H and O–H groups in total. The highest BCUT2D eigenvalue weighted by Gasteiger charge is 2.19. The molecule has 3 rings (SSSR count). The Hall–Kier alpha value is -3.03. The average molecular weight is 272 g/mol. The van der Waals surface area contributed by atoms with E-state index in [1.54, 1.807) is 17.7 Å². The van der Waals surface area contributed by atoms with E-state index in [-0.39, 0.29) is 11.4 Å². The van der Waals surface area contributed by atoms with Crippen LogP contribution in [0.25, 0.3) is 21.8 Å². The van der Waals surface area contributed by atoms with Crippen molar-refractivity contribution in [2.75, 3.05) is 0 Å². The Kier molecular flexibility index (Phi) is 2.40. The number of nitro groups is 1. The summed E-state index contributed by atoms with van der Waals surface area (Å²) in [5.74, 6) is -1.22. The molecule has 0 fully saturated rings. The molecule has 0 radical (unpaired) electrons. The summed E-state index contributed by atoms with van der Waals surface area (Å²) in [6.45, 7) is 0. The van der Waals surface area contributed by atoms with Gasteiger partial charge in [-0.1, -0.05) is 0 Å². The second-order valence-corrected chi connectivity index (χ2v) is 4.28. The summed E-state index contributed by atoms with van der Waals surface area (Å²) in [4.78, 5) is 21.6. The van der Waals surface area contributed by atoms with Crippen molar-refractivity contribution >= 4 is 33.5 Å². The zero-order chi connectivity index (χ0) is 14.4. The van der Waals surface area contributed by atoms with Crippen LogP contribution >= 0.6 is 0 Å². The van der Waals surface area contributed by atoms with Gasteiger partial charge in [-0.05, 0) is 6.07 Å². The molecule has 2 aromatic heterocycles. The molecule has 0 amide bonds. The summed E-state index contributed by atoms with van der Waals surface area (Å²) in [7, 11) is 1.74. The van der Waals surface area contributed by atoms with Crippen LogP contribution in [0.15, 0.2) is 24.4 Å². The van der Waals surface area contributed by atoms with Gasteiger partial charge in [0.1, 0.15) is 0 Å². The lowest BCUT2D eigenvalue weighted by atomic mass is 10.1. The summed E-state index contributed by atoms with van der Waals surface area (Å²) in [6, 6.07) is 4.31. The number of carboxylic acid groups (broad SMARTS) is 1. The normalized spacial score (nSPS) is 11.1. The maximum Gasteiger partial charge on any atom is 0.357 e. The molecular weight excluding hydrogens is 264 g/mol. The maximum atomic E-state index is 11.2. The quantitative estimate of drug-likeness (QED) is 0.561. The number of nitrogens with zero attached hydrogens (tertiary/aromatic N) is 4. The number of fused-ring (bicyclic) bond motifs is 3. The number of aromatic nitrogens is 3. The highest BCUT2D eigenvalue weighted by molar-refractivity contribution is 6.15. The molecule has 0 unspecified atom stereocenters. The minimum Gasteiger partial charge on any atom is -0.476 e. The molecule has 0 aliphatic rings. The Balaban J connectivity index is 2.55. The van der Waals surface area contributed by atoms with Crippen molar-refractivity contribution in [1.29, 1.82) is 0 Å². The lowest BCUT2D eigenvalue weighted by molar-refractivity contribution is -0.384. The summed E-state index contributed by atoms with van der Waals surface area (Å²) >= 11 is 0. The number of carboxylic acids is 1. The largest absolute Gasteiger partial charge is 0.476 e. The van der Waals surface area contributed by atoms with Gasteiger partial charge in [0.15, 0.2) is 5.69 Å².